The number of anilines is 1. The number of carbonyl (C=O) groups excluding carboxylic acids is 1. The minimum Gasteiger partial charge on any atom is -0.387 e. The monoisotopic (exact) mass is 404 g/mol. The van der Waals surface area contributed by atoms with E-state index in [4.69, 9.17) is 9.72 Å². The highest BCUT2D eigenvalue weighted by atomic mass is 16.5. The van der Waals surface area contributed by atoms with Crippen LogP contribution in [0.25, 0.3) is 5.70 Å². The Morgan fingerprint density at radius 2 is 2.10 bits per heavy atom. The van der Waals surface area contributed by atoms with Crippen LogP contribution in [0.2, 0.25) is 0 Å². The van der Waals surface area contributed by atoms with Gasteiger partial charge in [0.25, 0.3) is 5.91 Å². The second-order valence-electron chi connectivity index (χ2n) is 8.53. The van der Waals surface area contributed by atoms with E-state index in [-0.39, 0.29) is 17.9 Å². The van der Waals surface area contributed by atoms with Crippen LogP contribution in [-0.2, 0) is 11.2 Å². The lowest BCUT2D eigenvalue weighted by atomic mass is 9.90. The second-order valence-corrected chi connectivity index (χ2v) is 8.53. The van der Waals surface area contributed by atoms with Crippen LogP contribution in [0.3, 0.4) is 0 Å². The average molecular weight is 405 g/mol. The van der Waals surface area contributed by atoms with Crippen molar-refractivity contribution in [3.63, 3.8) is 0 Å². The van der Waals surface area contributed by atoms with E-state index in [1.165, 1.54) is 16.8 Å². The third kappa shape index (κ3) is 3.25. The van der Waals surface area contributed by atoms with Crippen LogP contribution in [0.1, 0.15) is 45.7 Å². The van der Waals surface area contributed by atoms with Crippen LogP contribution in [0.4, 0.5) is 5.69 Å². The van der Waals surface area contributed by atoms with Crippen molar-refractivity contribution < 1.29 is 9.53 Å². The summed E-state index contributed by atoms with van der Waals surface area (Å²) in [5.74, 6) is 0.973. The van der Waals surface area contributed by atoms with Crippen LogP contribution in [-0.4, -0.2) is 43.7 Å². The number of nitrogens with one attached hydrogen (secondary N) is 3. The highest BCUT2D eigenvalue weighted by Gasteiger charge is 2.54. The number of fused-ring (bicyclic) bond motifs is 2. The second kappa shape index (κ2) is 7.43. The molecule has 30 heavy (non-hydrogen) atoms. The van der Waals surface area contributed by atoms with E-state index in [0.29, 0.717) is 28.8 Å². The van der Waals surface area contributed by atoms with Crippen LogP contribution in [0, 0.1) is 11.8 Å². The van der Waals surface area contributed by atoms with Crippen molar-refractivity contribution in [2.24, 2.45) is 11.8 Å². The van der Waals surface area contributed by atoms with Crippen molar-refractivity contribution in [3.05, 3.63) is 65.0 Å². The maximum absolute atomic E-state index is 13.0. The number of amides is 1. The lowest BCUT2D eigenvalue weighted by molar-refractivity contribution is 0.0928. The molecule has 3 N–H and O–H groups in total. The van der Waals surface area contributed by atoms with Crippen LogP contribution in [0.5, 0.6) is 0 Å². The van der Waals surface area contributed by atoms with Crippen molar-refractivity contribution in [1.29, 1.82) is 0 Å². The summed E-state index contributed by atoms with van der Waals surface area (Å²) in [6.45, 7) is 8.69. The van der Waals surface area contributed by atoms with Crippen LogP contribution in [0.15, 0.2) is 36.9 Å². The molecule has 1 amide bonds. The molecule has 6 heteroatoms. The smallest absolute Gasteiger partial charge is 0.251 e. The molecule has 3 heterocycles. The number of carbonyl (C=O) groups is 1. The first-order valence-corrected chi connectivity index (χ1v) is 10.7. The normalized spacial score (nSPS) is 24.4. The van der Waals surface area contributed by atoms with E-state index in [1.54, 1.807) is 0 Å². The highest BCUT2D eigenvalue weighted by molar-refractivity contribution is 5.95. The van der Waals surface area contributed by atoms with Gasteiger partial charge in [-0.3, -0.25) is 9.78 Å². The molecule has 1 saturated heterocycles. The van der Waals surface area contributed by atoms with Gasteiger partial charge in [0, 0.05) is 54.3 Å². The molecule has 2 aliphatic heterocycles. The van der Waals surface area contributed by atoms with E-state index in [9.17, 15) is 4.79 Å². The molecule has 1 aromatic carbocycles. The molecule has 6 nitrogen and oxygen atoms in total. The number of nitrogens with zero attached hydrogens (tertiary/aromatic N) is 1. The molecule has 1 saturated carbocycles. The molecule has 2 fully saturated rings. The molecular weight excluding hydrogens is 376 g/mol. The third-order valence-corrected chi connectivity index (χ3v) is 6.78. The molecule has 1 aromatic heterocycles. The van der Waals surface area contributed by atoms with Gasteiger partial charge in [0.1, 0.15) is 0 Å². The molecule has 5 rings (SSSR count). The summed E-state index contributed by atoms with van der Waals surface area (Å²) < 4.78 is 5.44. The van der Waals surface area contributed by atoms with Crippen LogP contribution >= 0.6 is 0 Å². The Bertz CT molecular complexity index is 1010. The minimum absolute atomic E-state index is 0.0460. The SMILES string of the molecule is C=C(NC)c1cc(C(=O)NC2C3COCC32)cc(C(C)c2cccc3c2CCN3)n1. The molecule has 0 radical (unpaired) electrons. The highest BCUT2D eigenvalue weighted by Crippen LogP contribution is 2.44. The van der Waals surface area contributed by atoms with Crippen molar-refractivity contribution in [3.8, 4) is 0 Å². The van der Waals surface area contributed by atoms with E-state index >= 15 is 0 Å². The first kappa shape index (κ1) is 19.1. The molecule has 156 valence electrons. The van der Waals surface area contributed by atoms with Gasteiger partial charge in [0.15, 0.2) is 0 Å². The summed E-state index contributed by atoms with van der Waals surface area (Å²) in [6, 6.07) is 10.4. The zero-order valence-corrected chi connectivity index (χ0v) is 17.5. The topological polar surface area (TPSA) is 75.3 Å². The van der Waals surface area contributed by atoms with Crippen molar-refractivity contribution >= 4 is 17.3 Å². The van der Waals surface area contributed by atoms with E-state index in [0.717, 1.165) is 31.9 Å². The minimum atomic E-state index is -0.0460. The average Bonchev–Trinajstić information content (AvgIpc) is 3.16. The molecular formula is C24H28N4O2. The van der Waals surface area contributed by atoms with Crippen molar-refractivity contribution in [1.82, 2.24) is 15.6 Å². The largest absolute Gasteiger partial charge is 0.387 e. The van der Waals surface area contributed by atoms with E-state index in [1.807, 2.05) is 19.2 Å². The van der Waals surface area contributed by atoms with Gasteiger partial charge in [0.2, 0.25) is 0 Å². The zero-order chi connectivity index (χ0) is 20.8. The first-order chi connectivity index (χ1) is 14.6. The summed E-state index contributed by atoms with van der Waals surface area (Å²) in [5.41, 5.74) is 6.74. The summed E-state index contributed by atoms with van der Waals surface area (Å²) in [5, 5.41) is 9.71. The molecule has 3 unspecified atom stereocenters. The Hall–Kier alpha value is -2.86. The molecule has 0 spiro atoms. The van der Waals surface area contributed by atoms with Gasteiger partial charge in [0.05, 0.1) is 24.6 Å². The maximum atomic E-state index is 13.0. The van der Waals surface area contributed by atoms with E-state index in [2.05, 4.69) is 47.7 Å². The summed E-state index contributed by atoms with van der Waals surface area (Å²) in [7, 11) is 1.82. The fourth-order valence-corrected chi connectivity index (χ4v) is 4.81. The number of hydrogen-bond acceptors (Lipinski definition) is 5. The number of rotatable bonds is 6. The number of hydrogen-bond donors (Lipinski definition) is 3. The van der Waals surface area contributed by atoms with Gasteiger partial charge in [-0.2, -0.15) is 0 Å². The lowest BCUT2D eigenvalue weighted by Gasteiger charge is -2.18. The molecule has 0 bridgehead atoms. The predicted molar refractivity (Wildman–Crippen MR) is 118 cm³/mol. The number of ether oxygens (including phenoxy) is 1. The van der Waals surface area contributed by atoms with Gasteiger partial charge in [-0.25, -0.2) is 0 Å². The predicted octanol–water partition coefficient (Wildman–Crippen LogP) is 2.77. The van der Waals surface area contributed by atoms with Gasteiger partial charge < -0.3 is 20.7 Å². The lowest BCUT2D eigenvalue weighted by Crippen LogP contribution is -2.30. The third-order valence-electron chi connectivity index (χ3n) is 6.78. The Morgan fingerprint density at radius 1 is 1.30 bits per heavy atom. The number of benzene rings is 1. The quantitative estimate of drug-likeness (QED) is 0.690. The Balaban J connectivity index is 1.47. The molecule has 1 aliphatic carbocycles. The Labute approximate surface area is 177 Å². The van der Waals surface area contributed by atoms with Gasteiger partial charge in [-0.05, 0) is 35.7 Å². The summed E-state index contributed by atoms with van der Waals surface area (Å²) >= 11 is 0. The van der Waals surface area contributed by atoms with Crippen molar-refractivity contribution in [2.75, 3.05) is 32.1 Å². The Morgan fingerprint density at radius 3 is 2.87 bits per heavy atom. The van der Waals surface area contributed by atoms with Crippen LogP contribution < -0.4 is 16.0 Å². The number of aromatic nitrogens is 1. The van der Waals surface area contributed by atoms with Gasteiger partial charge in [-0.1, -0.05) is 25.6 Å². The Kier molecular flexibility index (Phi) is 4.74. The summed E-state index contributed by atoms with van der Waals surface area (Å²) in [4.78, 5) is 17.9. The van der Waals surface area contributed by atoms with Crippen molar-refractivity contribution in [2.45, 2.75) is 25.3 Å². The molecule has 2 aromatic rings. The van der Waals surface area contributed by atoms with Gasteiger partial charge in [-0.15, -0.1) is 0 Å². The standard InChI is InChI=1S/C24H28N4O2/c1-13(16-5-4-6-20-17(16)7-8-26-20)21-9-15(10-22(27-21)14(2)25-3)24(29)28-23-18-11-30-12-19(18)23/h4-6,9-10,13,18-19,23,25-26H,2,7-8,11-12H2,1,3H3,(H,28,29). The fourth-order valence-electron chi connectivity index (χ4n) is 4.81. The van der Waals surface area contributed by atoms with E-state index < -0.39 is 0 Å². The fraction of sp³-hybridized carbons (Fsp3) is 0.417. The van der Waals surface area contributed by atoms with Gasteiger partial charge >= 0.3 is 0 Å². The zero-order valence-electron chi connectivity index (χ0n) is 17.5. The molecule has 3 atom stereocenters. The maximum Gasteiger partial charge on any atom is 0.251 e. The summed E-state index contributed by atoms with van der Waals surface area (Å²) in [6.07, 6.45) is 1.01. The number of pyridine rings is 1. The first-order valence-electron chi connectivity index (χ1n) is 10.7. The molecule has 3 aliphatic rings.